The maximum Gasteiger partial charge on any atom is 0.299 e. The van der Waals surface area contributed by atoms with Gasteiger partial charge in [0.1, 0.15) is 5.65 Å². The lowest BCUT2D eigenvalue weighted by molar-refractivity contribution is 0.103. The number of rotatable bonds is 7. The molecule has 3 rings (SSSR count). The quantitative estimate of drug-likeness (QED) is 0.341. The largest absolute Gasteiger partial charge is 0.345 e. The number of aromatic amines is 1. The highest BCUT2D eigenvalue weighted by molar-refractivity contribution is 14.1. The average molecular weight is 502 g/mol. The van der Waals surface area contributed by atoms with Crippen molar-refractivity contribution in [1.82, 2.24) is 14.7 Å². The zero-order chi connectivity index (χ0) is 19.6. The van der Waals surface area contributed by atoms with E-state index in [0.29, 0.717) is 17.5 Å². The van der Waals surface area contributed by atoms with Crippen LogP contribution >= 0.6 is 22.6 Å². The smallest absolute Gasteiger partial charge is 0.299 e. The highest BCUT2D eigenvalue weighted by Gasteiger charge is 2.22. The second kappa shape index (κ2) is 7.90. The Morgan fingerprint density at radius 1 is 1.33 bits per heavy atom. The van der Waals surface area contributed by atoms with Gasteiger partial charge in [0, 0.05) is 33.5 Å². The number of aromatic nitrogens is 2. The summed E-state index contributed by atoms with van der Waals surface area (Å²) in [4.78, 5) is 19.9. The van der Waals surface area contributed by atoms with Gasteiger partial charge in [0.2, 0.25) is 0 Å². The monoisotopic (exact) mass is 502 g/mol. The molecule has 0 aliphatic rings. The number of H-pyrrole nitrogens is 1. The molecule has 2 aromatic heterocycles. The van der Waals surface area contributed by atoms with Crippen LogP contribution in [-0.4, -0.2) is 30.7 Å². The van der Waals surface area contributed by atoms with E-state index in [0.717, 1.165) is 3.57 Å². The van der Waals surface area contributed by atoms with Gasteiger partial charge >= 0.3 is 0 Å². The fraction of sp³-hybridized carbons (Fsp3) is 0.176. The number of nitrogens with one attached hydrogen (secondary N) is 3. The Kier molecular flexibility index (Phi) is 5.77. The molecule has 0 aliphatic heterocycles. The van der Waals surface area contributed by atoms with Crippen molar-refractivity contribution >= 4 is 55.3 Å². The van der Waals surface area contributed by atoms with E-state index >= 15 is 0 Å². The molecule has 0 atom stereocenters. The molecule has 1 aromatic carbocycles. The Bertz CT molecular complexity index is 1110. The van der Waals surface area contributed by atoms with Crippen molar-refractivity contribution in [1.29, 1.82) is 0 Å². The predicted octanol–water partition coefficient (Wildman–Crippen LogP) is 3.19. The molecule has 3 aromatic rings. The summed E-state index contributed by atoms with van der Waals surface area (Å²) >= 11 is 2.07. The number of fused-ring (bicyclic) bond motifs is 1. The van der Waals surface area contributed by atoms with Gasteiger partial charge in [-0.3, -0.25) is 9.52 Å². The molecule has 0 fully saturated rings. The molecule has 0 amide bonds. The first kappa shape index (κ1) is 19.7. The van der Waals surface area contributed by atoms with Gasteiger partial charge < -0.3 is 4.98 Å². The predicted molar refractivity (Wildman–Crippen MR) is 109 cm³/mol. The minimum Gasteiger partial charge on any atom is -0.345 e. The average Bonchev–Trinajstić information content (AvgIpc) is 3.04. The lowest BCUT2D eigenvalue weighted by Crippen LogP contribution is -2.31. The van der Waals surface area contributed by atoms with Crippen LogP contribution in [0.2, 0.25) is 0 Å². The number of carbonyl (C=O) groups is 1. The van der Waals surface area contributed by atoms with Gasteiger partial charge in [-0.1, -0.05) is 13.0 Å². The summed E-state index contributed by atoms with van der Waals surface area (Å²) in [5.74, 6) is -1.50. The molecule has 0 spiro atoms. The Labute approximate surface area is 169 Å². The van der Waals surface area contributed by atoms with Crippen LogP contribution in [0.1, 0.15) is 29.3 Å². The van der Waals surface area contributed by atoms with E-state index in [-0.39, 0.29) is 23.4 Å². The van der Waals surface area contributed by atoms with Crippen molar-refractivity contribution in [3.63, 3.8) is 0 Å². The number of pyridine rings is 1. The van der Waals surface area contributed by atoms with Crippen LogP contribution in [0, 0.1) is 9.39 Å². The summed E-state index contributed by atoms with van der Waals surface area (Å²) in [6.45, 7) is 2.02. The first-order valence-corrected chi connectivity index (χ1v) is 10.6. The molecule has 142 valence electrons. The van der Waals surface area contributed by atoms with Crippen LogP contribution in [0.25, 0.3) is 11.0 Å². The number of hydrogen-bond acceptors (Lipinski definition) is 4. The minimum atomic E-state index is -3.92. The van der Waals surface area contributed by atoms with Crippen molar-refractivity contribution in [3.05, 3.63) is 57.2 Å². The van der Waals surface area contributed by atoms with Crippen molar-refractivity contribution in [3.8, 4) is 0 Å². The van der Waals surface area contributed by atoms with Crippen LogP contribution < -0.4 is 9.44 Å². The minimum absolute atomic E-state index is 0.219. The van der Waals surface area contributed by atoms with Gasteiger partial charge in [-0.25, -0.2) is 9.37 Å². The number of benzene rings is 1. The molecule has 3 N–H and O–H groups in total. The van der Waals surface area contributed by atoms with Crippen molar-refractivity contribution < 1.29 is 17.6 Å². The van der Waals surface area contributed by atoms with Crippen molar-refractivity contribution in [2.24, 2.45) is 0 Å². The van der Waals surface area contributed by atoms with E-state index in [2.05, 4.69) is 42.0 Å². The molecular weight excluding hydrogens is 486 g/mol. The Hall–Kier alpha value is -2.05. The molecule has 0 saturated heterocycles. The third-order valence-corrected chi connectivity index (χ3v) is 5.43. The molecular formula is C17H16FIN4O3S. The number of hydrogen-bond donors (Lipinski definition) is 3. The zero-order valence-electron chi connectivity index (χ0n) is 14.2. The fourth-order valence-electron chi connectivity index (χ4n) is 2.51. The summed E-state index contributed by atoms with van der Waals surface area (Å²) in [5, 5.41) is 0.571. The van der Waals surface area contributed by atoms with Crippen LogP contribution in [-0.2, 0) is 10.2 Å². The van der Waals surface area contributed by atoms with E-state index in [1.807, 2.05) is 0 Å². The topological polar surface area (TPSA) is 104 Å². The highest BCUT2D eigenvalue weighted by atomic mass is 127. The zero-order valence-corrected chi connectivity index (χ0v) is 17.2. The van der Waals surface area contributed by atoms with Crippen LogP contribution in [0.4, 0.5) is 10.1 Å². The molecule has 2 heterocycles. The van der Waals surface area contributed by atoms with Gasteiger partial charge in [0.25, 0.3) is 10.2 Å². The number of halogens is 2. The maximum absolute atomic E-state index is 14.8. The van der Waals surface area contributed by atoms with Gasteiger partial charge in [-0.2, -0.15) is 13.1 Å². The summed E-state index contributed by atoms with van der Waals surface area (Å²) in [6, 6.07) is 5.77. The third-order valence-electron chi connectivity index (χ3n) is 3.77. The molecule has 10 heteroatoms. The van der Waals surface area contributed by atoms with Crippen molar-refractivity contribution in [2.75, 3.05) is 11.3 Å². The molecule has 0 aliphatic carbocycles. The fourth-order valence-corrected chi connectivity index (χ4v) is 3.96. The van der Waals surface area contributed by atoms with E-state index in [4.69, 9.17) is 0 Å². The molecule has 7 nitrogen and oxygen atoms in total. The summed E-state index contributed by atoms with van der Waals surface area (Å²) < 4.78 is 44.0. The van der Waals surface area contributed by atoms with E-state index in [1.54, 1.807) is 19.2 Å². The number of nitrogens with zero attached hydrogens (tertiary/aromatic N) is 1. The van der Waals surface area contributed by atoms with Crippen LogP contribution in [0.3, 0.4) is 0 Å². The van der Waals surface area contributed by atoms with Gasteiger partial charge in [0.15, 0.2) is 11.6 Å². The standard InChI is InChI=1S/C17H16FIN4O3S/c1-2-6-22-27(25,26)23-14-5-3-4-11(15(14)18)16(24)13-9-21-17-12(13)7-10(19)8-20-17/h3-5,7-9,22-23H,2,6H2,1H3,(H,20,21). The van der Waals surface area contributed by atoms with Crippen molar-refractivity contribution in [2.45, 2.75) is 13.3 Å². The Morgan fingerprint density at radius 2 is 2.11 bits per heavy atom. The number of ketones is 1. The highest BCUT2D eigenvalue weighted by Crippen LogP contribution is 2.25. The second-order valence-corrected chi connectivity index (χ2v) is 8.49. The molecule has 0 unspecified atom stereocenters. The number of anilines is 1. The second-order valence-electron chi connectivity index (χ2n) is 5.75. The molecule has 27 heavy (non-hydrogen) atoms. The summed E-state index contributed by atoms with van der Waals surface area (Å²) in [5.41, 5.74) is 0.251. The first-order valence-electron chi connectivity index (χ1n) is 8.05. The van der Waals surface area contributed by atoms with Crippen LogP contribution in [0.5, 0.6) is 0 Å². The SMILES string of the molecule is CCCNS(=O)(=O)Nc1cccc(C(=O)c2c[nH]c3ncc(I)cc23)c1F. The van der Waals surface area contributed by atoms with E-state index in [1.165, 1.54) is 24.4 Å². The summed E-state index contributed by atoms with van der Waals surface area (Å²) in [6.07, 6.45) is 3.71. The van der Waals surface area contributed by atoms with Gasteiger partial charge in [-0.15, -0.1) is 0 Å². The lowest BCUT2D eigenvalue weighted by atomic mass is 10.0. The van der Waals surface area contributed by atoms with E-state index < -0.39 is 21.8 Å². The normalized spacial score (nSPS) is 11.7. The van der Waals surface area contributed by atoms with Gasteiger partial charge in [-0.05, 0) is 47.2 Å². The number of carbonyl (C=O) groups excluding carboxylic acids is 1. The molecule has 0 radical (unpaired) electrons. The van der Waals surface area contributed by atoms with Crippen LogP contribution in [0.15, 0.2) is 36.7 Å². The Morgan fingerprint density at radius 3 is 2.85 bits per heavy atom. The third kappa shape index (κ3) is 4.28. The first-order chi connectivity index (χ1) is 12.8. The maximum atomic E-state index is 14.8. The molecule has 0 saturated carbocycles. The van der Waals surface area contributed by atoms with E-state index in [9.17, 15) is 17.6 Å². The molecule has 0 bridgehead atoms. The lowest BCUT2D eigenvalue weighted by Gasteiger charge is -2.11. The summed E-state index contributed by atoms with van der Waals surface area (Å²) in [7, 11) is -3.92. The van der Waals surface area contributed by atoms with Gasteiger partial charge in [0.05, 0.1) is 11.3 Å². The Balaban J connectivity index is 1.97.